The molecule has 3 N–H and O–H groups in total. The number of nitrogens with two attached hydrogens (primary N) is 1. The van der Waals surface area contributed by atoms with Crippen LogP contribution in [0.5, 0.6) is 0 Å². The third-order valence-electron chi connectivity index (χ3n) is 2.73. The molecule has 1 saturated carbocycles. The Kier molecular flexibility index (Phi) is 3.10. The highest BCUT2D eigenvalue weighted by molar-refractivity contribution is 5.97. The van der Waals surface area contributed by atoms with Crippen LogP contribution in [0.25, 0.3) is 0 Å². The van der Waals surface area contributed by atoms with Crippen molar-refractivity contribution in [1.29, 1.82) is 0 Å². The van der Waals surface area contributed by atoms with Crippen molar-refractivity contribution < 1.29 is 14.3 Å². The number of nitrogens with one attached hydrogen (secondary N) is 1. The van der Waals surface area contributed by atoms with E-state index in [9.17, 15) is 9.59 Å². The summed E-state index contributed by atoms with van der Waals surface area (Å²) in [6.45, 7) is 0. The van der Waals surface area contributed by atoms with Crippen molar-refractivity contribution in [3.63, 3.8) is 0 Å². The number of carbonyl (C=O) groups excluding carboxylic acids is 2. The van der Waals surface area contributed by atoms with Gasteiger partial charge in [0.25, 0.3) is 0 Å². The van der Waals surface area contributed by atoms with Crippen LogP contribution in [0, 0.1) is 5.92 Å². The number of hydrogen-bond donors (Lipinski definition) is 2. The summed E-state index contributed by atoms with van der Waals surface area (Å²) in [7, 11) is 1.32. The Hall–Kier alpha value is -1.88. The summed E-state index contributed by atoms with van der Waals surface area (Å²) in [6, 6.07) is 6.59. The number of methoxy groups -OCH3 is 1. The first-order valence-electron chi connectivity index (χ1n) is 5.36. The Morgan fingerprint density at radius 3 is 2.76 bits per heavy atom. The van der Waals surface area contributed by atoms with E-state index in [0.717, 1.165) is 6.42 Å². The Labute approximate surface area is 98.9 Å². The molecule has 0 spiro atoms. The summed E-state index contributed by atoms with van der Waals surface area (Å²) < 4.78 is 4.60. The van der Waals surface area contributed by atoms with Gasteiger partial charge >= 0.3 is 5.97 Å². The maximum Gasteiger partial charge on any atom is 0.337 e. The predicted octanol–water partition coefficient (Wildman–Crippen LogP) is 0.759. The van der Waals surface area contributed by atoms with Crippen molar-refractivity contribution in [3.05, 3.63) is 29.8 Å². The highest BCUT2D eigenvalue weighted by atomic mass is 16.5. The second-order valence-electron chi connectivity index (χ2n) is 4.07. The molecular weight excluding hydrogens is 220 g/mol. The van der Waals surface area contributed by atoms with Gasteiger partial charge in [0.2, 0.25) is 5.91 Å². The van der Waals surface area contributed by atoms with Gasteiger partial charge in [0.15, 0.2) is 0 Å². The fourth-order valence-corrected chi connectivity index (χ4v) is 1.59. The number of ether oxygens (including phenoxy) is 1. The Bertz CT molecular complexity index is 459. The molecule has 1 aromatic carbocycles. The molecule has 1 fully saturated rings. The molecule has 5 heteroatoms. The van der Waals surface area contributed by atoms with Crippen LogP contribution in [0.4, 0.5) is 5.69 Å². The van der Waals surface area contributed by atoms with E-state index in [1.54, 1.807) is 24.3 Å². The summed E-state index contributed by atoms with van der Waals surface area (Å²) in [5.74, 6) is -0.625. The van der Waals surface area contributed by atoms with Crippen LogP contribution in [0.1, 0.15) is 16.8 Å². The number of rotatable bonds is 3. The summed E-state index contributed by atoms with van der Waals surface area (Å²) in [5.41, 5.74) is 6.57. The predicted molar refractivity (Wildman–Crippen MR) is 62.5 cm³/mol. The van der Waals surface area contributed by atoms with Crippen LogP contribution in [0.3, 0.4) is 0 Å². The SMILES string of the molecule is COC(=O)c1cccc(NC(=O)C2CC2N)c1. The number of esters is 1. The molecule has 2 unspecified atom stereocenters. The van der Waals surface area contributed by atoms with E-state index in [4.69, 9.17) is 5.73 Å². The molecule has 0 heterocycles. The van der Waals surface area contributed by atoms with Crippen LogP contribution in [-0.4, -0.2) is 25.0 Å². The summed E-state index contributed by atoms with van der Waals surface area (Å²) in [5, 5.41) is 2.73. The first kappa shape index (κ1) is 11.6. The number of hydrogen-bond acceptors (Lipinski definition) is 4. The normalized spacial score (nSPS) is 21.8. The Balaban J connectivity index is 2.06. The lowest BCUT2D eigenvalue weighted by Gasteiger charge is -2.06. The molecule has 90 valence electrons. The highest BCUT2D eigenvalue weighted by Crippen LogP contribution is 2.29. The van der Waals surface area contributed by atoms with Crippen molar-refractivity contribution in [2.75, 3.05) is 12.4 Å². The smallest absolute Gasteiger partial charge is 0.337 e. The first-order chi connectivity index (χ1) is 8.11. The molecule has 5 nitrogen and oxygen atoms in total. The number of benzene rings is 1. The molecule has 0 radical (unpaired) electrons. The van der Waals surface area contributed by atoms with Crippen LogP contribution in [-0.2, 0) is 9.53 Å². The van der Waals surface area contributed by atoms with E-state index in [1.807, 2.05) is 0 Å². The standard InChI is InChI=1S/C12H14N2O3/c1-17-12(16)7-3-2-4-8(5-7)14-11(15)9-6-10(9)13/h2-5,9-10H,6,13H2,1H3,(H,14,15). The molecule has 0 aromatic heterocycles. The fourth-order valence-electron chi connectivity index (χ4n) is 1.59. The second-order valence-corrected chi connectivity index (χ2v) is 4.07. The molecule has 0 bridgehead atoms. The monoisotopic (exact) mass is 234 g/mol. The number of anilines is 1. The molecule has 0 aliphatic heterocycles. The second kappa shape index (κ2) is 4.55. The van der Waals surface area contributed by atoms with Gasteiger partial charge in [0.05, 0.1) is 18.6 Å². The zero-order valence-electron chi connectivity index (χ0n) is 9.47. The van der Waals surface area contributed by atoms with E-state index >= 15 is 0 Å². The third kappa shape index (κ3) is 2.62. The van der Waals surface area contributed by atoms with Crippen molar-refractivity contribution in [3.8, 4) is 0 Å². The van der Waals surface area contributed by atoms with Crippen LogP contribution >= 0.6 is 0 Å². The van der Waals surface area contributed by atoms with Gasteiger partial charge in [-0.15, -0.1) is 0 Å². The van der Waals surface area contributed by atoms with Crippen molar-refractivity contribution in [1.82, 2.24) is 0 Å². The van der Waals surface area contributed by atoms with E-state index < -0.39 is 5.97 Å². The van der Waals surface area contributed by atoms with Crippen molar-refractivity contribution in [2.24, 2.45) is 11.7 Å². The van der Waals surface area contributed by atoms with Crippen LogP contribution in [0.2, 0.25) is 0 Å². The fraction of sp³-hybridized carbons (Fsp3) is 0.333. The van der Waals surface area contributed by atoms with Gasteiger partial charge in [-0.2, -0.15) is 0 Å². The average molecular weight is 234 g/mol. The van der Waals surface area contributed by atoms with Crippen LogP contribution in [0.15, 0.2) is 24.3 Å². The molecule has 1 aliphatic rings. The molecule has 2 atom stereocenters. The molecule has 1 aliphatic carbocycles. The third-order valence-corrected chi connectivity index (χ3v) is 2.73. The minimum absolute atomic E-state index is 0.0289. The lowest BCUT2D eigenvalue weighted by atomic mass is 10.2. The summed E-state index contributed by atoms with van der Waals surface area (Å²) in [4.78, 5) is 22.9. The maximum atomic E-state index is 11.6. The largest absolute Gasteiger partial charge is 0.465 e. The molecule has 1 aromatic rings. The Morgan fingerprint density at radius 1 is 1.47 bits per heavy atom. The average Bonchev–Trinajstić information content (AvgIpc) is 3.06. The van der Waals surface area contributed by atoms with Crippen molar-refractivity contribution in [2.45, 2.75) is 12.5 Å². The number of carbonyl (C=O) groups is 2. The lowest BCUT2D eigenvalue weighted by molar-refractivity contribution is -0.117. The van der Waals surface area contributed by atoms with Gasteiger partial charge in [0, 0.05) is 11.7 Å². The number of amides is 1. The molecular formula is C12H14N2O3. The van der Waals surface area contributed by atoms with Gasteiger partial charge in [0.1, 0.15) is 0 Å². The van der Waals surface area contributed by atoms with Gasteiger partial charge in [-0.3, -0.25) is 4.79 Å². The quantitative estimate of drug-likeness (QED) is 0.756. The Morgan fingerprint density at radius 2 is 2.18 bits per heavy atom. The van der Waals surface area contributed by atoms with E-state index in [0.29, 0.717) is 11.3 Å². The first-order valence-corrected chi connectivity index (χ1v) is 5.36. The molecule has 0 saturated heterocycles. The highest BCUT2D eigenvalue weighted by Gasteiger charge is 2.39. The lowest BCUT2D eigenvalue weighted by Crippen LogP contribution is -2.18. The minimum Gasteiger partial charge on any atom is -0.465 e. The summed E-state index contributed by atoms with van der Waals surface area (Å²) in [6.07, 6.45) is 0.725. The van der Waals surface area contributed by atoms with Gasteiger partial charge in [-0.1, -0.05) is 6.07 Å². The summed E-state index contributed by atoms with van der Waals surface area (Å²) >= 11 is 0. The molecule has 17 heavy (non-hydrogen) atoms. The van der Waals surface area contributed by atoms with Gasteiger partial charge < -0.3 is 15.8 Å². The molecule has 1 amide bonds. The van der Waals surface area contributed by atoms with E-state index in [2.05, 4.69) is 10.1 Å². The topological polar surface area (TPSA) is 81.4 Å². The zero-order valence-corrected chi connectivity index (χ0v) is 9.47. The van der Waals surface area contributed by atoms with E-state index in [1.165, 1.54) is 7.11 Å². The van der Waals surface area contributed by atoms with E-state index in [-0.39, 0.29) is 17.9 Å². The van der Waals surface area contributed by atoms with Gasteiger partial charge in [-0.05, 0) is 24.6 Å². The van der Waals surface area contributed by atoms with Crippen molar-refractivity contribution >= 4 is 17.6 Å². The minimum atomic E-state index is -0.427. The molecule has 2 rings (SSSR count). The maximum absolute atomic E-state index is 11.6. The van der Waals surface area contributed by atoms with Gasteiger partial charge in [-0.25, -0.2) is 4.79 Å². The zero-order chi connectivity index (χ0) is 12.4. The van der Waals surface area contributed by atoms with Crippen LogP contribution < -0.4 is 11.1 Å².